The first-order valence-corrected chi connectivity index (χ1v) is 8.33. The van der Waals surface area contributed by atoms with E-state index in [1.165, 1.54) is 31.0 Å². The highest BCUT2D eigenvalue weighted by atomic mass is 19.1. The Hall–Kier alpha value is -3.39. The Morgan fingerprint density at radius 3 is 2.50 bits per heavy atom. The highest BCUT2D eigenvalue weighted by Gasteiger charge is 2.12. The Labute approximate surface area is 159 Å². The Bertz CT molecular complexity index is 1060. The average molecular weight is 385 g/mol. The van der Waals surface area contributed by atoms with Crippen LogP contribution in [0.25, 0.3) is 11.3 Å². The molecule has 8 heteroatoms. The fraction of sp³-hybridized carbons (Fsp3) is 0.150. The number of carbonyl (C=O) groups is 1. The minimum Gasteiger partial charge on any atom is -0.274 e. The maximum absolute atomic E-state index is 13.5. The standard InChI is InChI=1S/C20H17F2N3O3/c1-24(28-2)20(27)14-5-3-4-13(8-14)12-25-19(26)7-6-18(23-25)15-9-16(21)11-17(22)10-15/h3-11H,12H2,1-2H3. The van der Waals surface area contributed by atoms with Crippen molar-refractivity contribution in [1.82, 2.24) is 14.8 Å². The molecule has 0 atom stereocenters. The molecule has 0 unspecified atom stereocenters. The van der Waals surface area contributed by atoms with Crippen LogP contribution >= 0.6 is 0 Å². The van der Waals surface area contributed by atoms with Gasteiger partial charge in [-0.3, -0.25) is 14.4 Å². The second-order valence-corrected chi connectivity index (χ2v) is 6.06. The lowest BCUT2D eigenvalue weighted by Crippen LogP contribution is -2.26. The molecular formula is C20H17F2N3O3. The van der Waals surface area contributed by atoms with Crippen LogP contribution in [0.4, 0.5) is 8.78 Å². The van der Waals surface area contributed by atoms with Crippen molar-refractivity contribution >= 4 is 5.91 Å². The number of nitrogens with zero attached hydrogens (tertiary/aromatic N) is 3. The summed E-state index contributed by atoms with van der Waals surface area (Å²) in [5, 5.41) is 5.28. The summed E-state index contributed by atoms with van der Waals surface area (Å²) in [5.41, 5.74) is 1.14. The summed E-state index contributed by atoms with van der Waals surface area (Å²) in [4.78, 5) is 29.3. The molecule has 3 rings (SSSR count). The van der Waals surface area contributed by atoms with Crippen LogP contribution in [-0.4, -0.2) is 34.9 Å². The summed E-state index contributed by atoms with van der Waals surface area (Å²) >= 11 is 0. The van der Waals surface area contributed by atoms with E-state index in [9.17, 15) is 18.4 Å². The van der Waals surface area contributed by atoms with Gasteiger partial charge in [-0.1, -0.05) is 12.1 Å². The summed E-state index contributed by atoms with van der Waals surface area (Å²) < 4.78 is 28.1. The minimum atomic E-state index is -0.733. The molecule has 0 saturated heterocycles. The molecule has 0 aliphatic rings. The minimum absolute atomic E-state index is 0.0856. The number of hydroxylamine groups is 2. The van der Waals surface area contributed by atoms with E-state index in [-0.39, 0.29) is 29.3 Å². The van der Waals surface area contributed by atoms with Gasteiger partial charge in [0.25, 0.3) is 11.5 Å². The Balaban J connectivity index is 1.93. The van der Waals surface area contributed by atoms with Gasteiger partial charge in [-0.25, -0.2) is 18.5 Å². The van der Waals surface area contributed by atoms with E-state index in [1.54, 1.807) is 24.3 Å². The summed E-state index contributed by atoms with van der Waals surface area (Å²) in [7, 11) is 2.87. The van der Waals surface area contributed by atoms with Crippen molar-refractivity contribution in [3.05, 3.63) is 87.7 Å². The van der Waals surface area contributed by atoms with Crippen molar-refractivity contribution < 1.29 is 18.4 Å². The van der Waals surface area contributed by atoms with Gasteiger partial charge in [0.2, 0.25) is 0 Å². The van der Waals surface area contributed by atoms with Gasteiger partial charge in [0.15, 0.2) is 0 Å². The maximum atomic E-state index is 13.5. The molecule has 6 nitrogen and oxygen atoms in total. The predicted molar refractivity (Wildman–Crippen MR) is 98.5 cm³/mol. The van der Waals surface area contributed by atoms with Gasteiger partial charge < -0.3 is 0 Å². The lowest BCUT2D eigenvalue weighted by atomic mass is 10.1. The normalized spacial score (nSPS) is 10.7. The summed E-state index contributed by atoms with van der Waals surface area (Å²) in [6, 6.07) is 12.4. The third-order valence-corrected chi connectivity index (χ3v) is 4.09. The molecule has 1 aromatic heterocycles. The molecule has 0 bridgehead atoms. The van der Waals surface area contributed by atoms with Crippen molar-refractivity contribution in [2.75, 3.05) is 14.2 Å². The SMILES string of the molecule is CON(C)C(=O)c1cccc(Cn2nc(-c3cc(F)cc(F)c3)ccc2=O)c1. The first-order chi connectivity index (χ1) is 13.4. The molecule has 28 heavy (non-hydrogen) atoms. The molecule has 0 N–H and O–H groups in total. The lowest BCUT2D eigenvalue weighted by Gasteiger charge is -2.14. The van der Waals surface area contributed by atoms with Gasteiger partial charge >= 0.3 is 0 Å². The van der Waals surface area contributed by atoms with Crippen molar-refractivity contribution in [1.29, 1.82) is 0 Å². The lowest BCUT2D eigenvalue weighted by molar-refractivity contribution is -0.0757. The van der Waals surface area contributed by atoms with Gasteiger partial charge in [-0.2, -0.15) is 5.10 Å². The fourth-order valence-corrected chi connectivity index (χ4v) is 2.66. The smallest absolute Gasteiger partial charge is 0.274 e. The number of aromatic nitrogens is 2. The zero-order chi connectivity index (χ0) is 20.3. The monoisotopic (exact) mass is 385 g/mol. The number of benzene rings is 2. The third-order valence-electron chi connectivity index (χ3n) is 4.09. The van der Waals surface area contributed by atoms with Crippen LogP contribution in [0.2, 0.25) is 0 Å². The van der Waals surface area contributed by atoms with E-state index >= 15 is 0 Å². The molecule has 1 amide bonds. The van der Waals surface area contributed by atoms with Crippen molar-refractivity contribution in [2.24, 2.45) is 0 Å². The number of hydrogen-bond donors (Lipinski definition) is 0. The van der Waals surface area contributed by atoms with E-state index in [1.807, 2.05) is 0 Å². The molecule has 0 aliphatic carbocycles. The van der Waals surface area contributed by atoms with E-state index < -0.39 is 11.6 Å². The quantitative estimate of drug-likeness (QED) is 0.634. The number of hydrogen-bond acceptors (Lipinski definition) is 4. The van der Waals surface area contributed by atoms with Crippen molar-refractivity contribution in [3.8, 4) is 11.3 Å². The van der Waals surface area contributed by atoms with Gasteiger partial charge in [0.05, 0.1) is 19.3 Å². The average Bonchev–Trinajstić information content (AvgIpc) is 2.68. The molecule has 1 heterocycles. The van der Waals surface area contributed by atoms with E-state index in [0.29, 0.717) is 11.1 Å². The van der Waals surface area contributed by atoms with Crippen LogP contribution in [0.5, 0.6) is 0 Å². The summed E-state index contributed by atoms with van der Waals surface area (Å²) in [5.74, 6) is -1.81. The van der Waals surface area contributed by atoms with Gasteiger partial charge in [-0.05, 0) is 35.9 Å². The second-order valence-electron chi connectivity index (χ2n) is 6.06. The Morgan fingerprint density at radius 1 is 1.11 bits per heavy atom. The topological polar surface area (TPSA) is 64.4 Å². The third kappa shape index (κ3) is 4.29. The molecule has 0 fully saturated rings. The largest absolute Gasteiger partial charge is 0.277 e. The molecular weight excluding hydrogens is 368 g/mol. The molecule has 2 aromatic carbocycles. The van der Waals surface area contributed by atoms with E-state index in [2.05, 4.69) is 5.10 Å². The van der Waals surface area contributed by atoms with Gasteiger partial charge in [0, 0.05) is 30.3 Å². The summed E-state index contributed by atoms with van der Waals surface area (Å²) in [6.45, 7) is 0.0856. The van der Waals surface area contributed by atoms with Crippen LogP contribution in [0.3, 0.4) is 0 Å². The summed E-state index contributed by atoms with van der Waals surface area (Å²) in [6.07, 6.45) is 0. The van der Waals surface area contributed by atoms with Crippen LogP contribution in [-0.2, 0) is 11.4 Å². The van der Waals surface area contributed by atoms with Crippen LogP contribution in [0.15, 0.2) is 59.4 Å². The number of amides is 1. The number of carbonyl (C=O) groups excluding carboxylic acids is 1. The Morgan fingerprint density at radius 2 is 1.82 bits per heavy atom. The van der Waals surface area contributed by atoms with E-state index in [0.717, 1.165) is 23.3 Å². The first-order valence-electron chi connectivity index (χ1n) is 8.33. The second kappa shape index (κ2) is 8.10. The molecule has 0 spiro atoms. The fourth-order valence-electron chi connectivity index (χ4n) is 2.66. The van der Waals surface area contributed by atoms with Crippen LogP contribution in [0.1, 0.15) is 15.9 Å². The predicted octanol–water partition coefficient (Wildman–Crippen LogP) is 2.87. The molecule has 3 aromatic rings. The molecule has 0 aliphatic heterocycles. The van der Waals surface area contributed by atoms with Gasteiger partial charge in [0.1, 0.15) is 11.6 Å². The Kier molecular flexibility index (Phi) is 5.60. The zero-order valence-electron chi connectivity index (χ0n) is 15.2. The molecule has 0 saturated carbocycles. The molecule has 0 radical (unpaired) electrons. The molecule has 144 valence electrons. The highest BCUT2D eigenvalue weighted by Crippen LogP contribution is 2.19. The zero-order valence-corrected chi connectivity index (χ0v) is 15.2. The first kappa shape index (κ1) is 19.4. The maximum Gasteiger partial charge on any atom is 0.277 e. The van der Waals surface area contributed by atoms with Crippen LogP contribution in [0, 0.1) is 11.6 Å². The number of rotatable bonds is 5. The van der Waals surface area contributed by atoms with E-state index in [4.69, 9.17) is 4.84 Å². The van der Waals surface area contributed by atoms with Crippen molar-refractivity contribution in [3.63, 3.8) is 0 Å². The highest BCUT2D eigenvalue weighted by molar-refractivity contribution is 5.93. The van der Waals surface area contributed by atoms with Gasteiger partial charge in [-0.15, -0.1) is 0 Å². The number of halogens is 2. The van der Waals surface area contributed by atoms with Crippen LogP contribution < -0.4 is 5.56 Å². The van der Waals surface area contributed by atoms with Crippen molar-refractivity contribution in [2.45, 2.75) is 6.54 Å².